The van der Waals surface area contributed by atoms with Gasteiger partial charge in [0.15, 0.2) is 5.52 Å². The summed E-state index contributed by atoms with van der Waals surface area (Å²) in [6, 6.07) is 3.56. The van der Waals surface area contributed by atoms with Crippen LogP contribution in [0.15, 0.2) is 29.2 Å². The summed E-state index contributed by atoms with van der Waals surface area (Å²) >= 11 is 5.92. The third-order valence-corrected chi connectivity index (χ3v) is 5.78. The Kier molecular flexibility index (Phi) is 4.51. The Hall–Kier alpha value is -2.39. The highest BCUT2D eigenvalue weighted by Crippen LogP contribution is 2.40. The molecular weight excluding hydrogens is 407 g/mol. The number of nitrogens with zero attached hydrogens (tertiary/aromatic N) is 4. The van der Waals surface area contributed by atoms with Crippen LogP contribution in [0.4, 0.5) is 13.2 Å². The van der Waals surface area contributed by atoms with Gasteiger partial charge in [-0.25, -0.2) is 4.68 Å². The van der Waals surface area contributed by atoms with Crippen LogP contribution in [-0.4, -0.2) is 19.6 Å². The van der Waals surface area contributed by atoms with Crippen LogP contribution in [0.3, 0.4) is 0 Å². The van der Waals surface area contributed by atoms with Crippen LogP contribution in [0.2, 0.25) is 5.02 Å². The van der Waals surface area contributed by atoms with Gasteiger partial charge < -0.3 is 5.73 Å². The highest BCUT2D eigenvalue weighted by molar-refractivity contribution is 6.31. The second-order valence-corrected chi connectivity index (χ2v) is 7.78. The zero-order valence-corrected chi connectivity index (χ0v) is 16.6. The van der Waals surface area contributed by atoms with Crippen molar-refractivity contribution in [1.29, 1.82) is 0 Å². The molecule has 29 heavy (non-hydrogen) atoms. The van der Waals surface area contributed by atoms with Gasteiger partial charge in [-0.2, -0.15) is 23.4 Å². The molecule has 0 saturated heterocycles. The molecule has 3 aromatic rings. The van der Waals surface area contributed by atoms with Crippen LogP contribution < -0.4 is 11.3 Å². The quantitative estimate of drug-likeness (QED) is 0.690. The first kappa shape index (κ1) is 19.9. The molecular formula is C19H19ClF3N5O. The lowest BCUT2D eigenvalue weighted by Crippen LogP contribution is -2.39. The number of aryl methyl sites for hydroxylation is 1. The summed E-state index contributed by atoms with van der Waals surface area (Å²) in [5, 5.41) is 8.67. The molecule has 1 aliphatic rings. The van der Waals surface area contributed by atoms with E-state index < -0.39 is 22.3 Å². The summed E-state index contributed by atoms with van der Waals surface area (Å²) in [6.07, 6.45) is -0.860. The number of alkyl halides is 3. The number of nitrogens with two attached hydrogens (primary N) is 1. The zero-order chi connectivity index (χ0) is 21.1. The molecule has 1 saturated carbocycles. The van der Waals surface area contributed by atoms with Crippen molar-refractivity contribution in [3.8, 4) is 0 Å². The second kappa shape index (κ2) is 6.56. The SMILES string of the molecule is CCC(N)(c1ccc(C(F)(F)F)c(Cl)c1)c1c2cnn(C3CC3)c(=O)c2nn1C. The van der Waals surface area contributed by atoms with Crippen LogP contribution in [0, 0.1) is 0 Å². The van der Waals surface area contributed by atoms with Crippen molar-refractivity contribution >= 4 is 22.5 Å². The van der Waals surface area contributed by atoms with Crippen molar-refractivity contribution in [2.75, 3.05) is 0 Å². The molecule has 0 aliphatic heterocycles. The number of halogens is 4. The lowest BCUT2D eigenvalue weighted by atomic mass is 9.83. The van der Waals surface area contributed by atoms with Gasteiger partial charge in [0.2, 0.25) is 0 Å². The van der Waals surface area contributed by atoms with Gasteiger partial charge in [-0.05, 0) is 37.0 Å². The van der Waals surface area contributed by atoms with Crippen LogP contribution in [-0.2, 0) is 18.8 Å². The van der Waals surface area contributed by atoms with E-state index in [9.17, 15) is 18.0 Å². The Morgan fingerprint density at radius 2 is 2.00 bits per heavy atom. The lowest BCUT2D eigenvalue weighted by Gasteiger charge is -2.30. The number of fused-ring (bicyclic) bond motifs is 1. The summed E-state index contributed by atoms with van der Waals surface area (Å²) in [7, 11) is 1.65. The molecule has 0 bridgehead atoms. The Morgan fingerprint density at radius 3 is 2.55 bits per heavy atom. The Labute approximate surface area is 169 Å². The highest BCUT2D eigenvalue weighted by Gasteiger charge is 2.38. The van der Waals surface area contributed by atoms with Crippen molar-refractivity contribution in [2.45, 2.75) is 43.9 Å². The number of benzene rings is 1. The molecule has 2 aromatic heterocycles. The van der Waals surface area contributed by atoms with Crippen LogP contribution in [0.25, 0.3) is 10.9 Å². The van der Waals surface area contributed by atoms with Crippen molar-refractivity contribution in [2.24, 2.45) is 12.8 Å². The molecule has 1 fully saturated rings. The normalized spacial score (nSPS) is 16.9. The number of hydrogen-bond acceptors (Lipinski definition) is 4. The van der Waals surface area contributed by atoms with Crippen LogP contribution >= 0.6 is 11.6 Å². The molecule has 6 nitrogen and oxygen atoms in total. The third kappa shape index (κ3) is 3.12. The first-order chi connectivity index (χ1) is 13.6. The van der Waals surface area contributed by atoms with Crippen LogP contribution in [0.1, 0.15) is 49.0 Å². The van der Waals surface area contributed by atoms with Gasteiger partial charge >= 0.3 is 6.18 Å². The molecule has 2 N–H and O–H groups in total. The zero-order valence-electron chi connectivity index (χ0n) is 15.8. The van der Waals surface area contributed by atoms with E-state index in [-0.39, 0.29) is 17.1 Å². The van der Waals surface area contributed by atoms with Crippen molar-refractivity contribution in [3.05, 3.63) is 56.6 Å². The molecule has 0 amide bonds. The van der Waals surface area contributed by atoms with Crippen molar-refractivity contribution in [1.82, 2.24) is 19.6 Å². The molecule has 2 heterocycles. The molecule has 1 aromatic carbocycles. The van der Waals surface area contributed by atoms with Crippen molar-refractivity contribution in [3.63, 3.8) is 0 Å². The van der Waals surface area contributed by atoms with Crippen LogP contribution in [0.5, 0.6) is 0 Å². The minimum absolute atomic E-state index is 0.0971. The summed E-state index contributed by atoms with van der Waals surface area (Å²) in [4.78, 5) is 12.8. The first-order valence-corrected chi connectivity index (χ1v) is 9.56. The van der Waals surface area contributed by atoms with Gasteiger partial charge in [0.05, 0.1) is 39.4 Å². The fourth-order valence-electron chi connectivity index (χ4n) is 3.74. The average Bonchev–Trinajstić information content (AvgIpc) is 3.42. The summed E-state index contributed by atoms with van der Waals surface area (Å²) in [5.41, 5.74) is 5.41. The maximum Gasteiger partial charge on any atom is 0.417 e. The molecule has 0 spiro atoms. The minimum Gasteiger partial charge on any atom is -0.316 e. The monoisotopic (exact) mass is 425 g/mol. The van der Waals surface area contributed by atoms with E-state index in [0.717, 1.165) is 18.9 Å². The largest absolute Gasteiger partial charge is 0.417 e. The maximum absolute atomic E-state index is 13.1. The average molecular weight is 426 g/mol. The Bertz CT molecular complexity index is 1170. The van der Waals surface area contributed by atoms with E-state index >= 15 is 0 Å². The van der Waals surface area contributed by atoms with Gasteiger partial charge in [0.25, 0.3) is 5.56 Å². The molecule has 154 valence electrons. The van der Waals surface area contributed by atoms with E-state index in [4.69, 9.17) is 17.3 Å². The number of rotatable bonds is 4. The Balaban J connectivity index is 1.90. The summed E-state index contributed by atoms with van der Waals surface area (Å²) < 4.78 is 42.2. The predicted molar refractivity (Wildman–Crippen MR) is 103 cm³/mol. The smallest absolute Gasteiger partial charge is 0.316 e. The van der Waals surface area contributed by atoms with E-state index in [1.54, 1.807) is 13.2 Å². The standard InChI is InChI=1S/C19H19ClF3N5O/c1-3-18(24,10-4-7-13(14(20)8-10)19(21,22)23)16-12-9-25-28(11-5-6-11)17(29)15(12)26-27(16)2/h4,7-9,11H,3,5-6,24H2,1-2H3. The van der Waals surface area contributed by atoms with Gasteiger partial charge in [-0.3, -0.25) is 9.48 Å². The molecule has 1 atom stereocenters. The van der Waals surface area contributed by atoms with Gasteiger partial charge in [0.1, 0.15) is 0 Å². The van der Waals surface area contributed by atoms with E-state index in [2.05, 4.69) is 10.2 Å². The highest BCUT2D eigenvalue weighted by atomic mass is 35.5. The second-order valence-electron chi connectivity index (χ2n) is 7.38. The maximum atomic E-state index is 13.1. The summed E-state index contributed by atoms with van der Waals surface area (Å²) in [6.45, 7) is 1.81. The molecule has 1 unspecified atom stereocenters. The molecule has 10 heteroatoms. The lowest BCUT2D eigenvalue weighted by molar-refractivity contribution is -0.137. The molecule has 4 rings (SSSR count). The van der Waals surface area contributed by atoms with E-state index in [0.29, 0.717) is 23.1 Å². The minimum atomic E-state index is -4.56. The fourth-order valence-corrected chi connectivity index (χ4v) is 4.03. The summed E-state index contributed by atoms with van der Waals surface area (Å²) in [5.74, 6) is 0. The Morgan fingerprint density at radius 1 is 1.31 bits per heavy atom. The predicted octanol–water partition coefficient (Wildman–Crippen LogP) is 3.75. The molecule has 1 aliphatic carbocycles. The van der Waals surface area contributed by atoms with E-state index in [1.165, 1.54) is 21.5 Å². The molecule has 0 radical (unpaired) electrons. The van der Waals surface area contributed by atoms with Gasteiger partial charge in [-0.1, -0.05) is 24.6 Å². The van der Waals surface area contributed by atoms with Crippen molar-refractivity contribution < 1.29 is 13.2 Å². The topological polar surface area (TPSA) is 78.7 Å². The van der Waals surface area contributed by atoms with Gasteiger partial charge in [0, 0.05) is 7.05 Å². The third-order valence-electron chi connectivity index (χ3n) is 5.47. The number of aromatic nitrogens is 4. The fraction of sp³-hybridized carbons (Fsp3) is 0.421. The first-order valence-electron chi connectivity index (χ1n) is 9.19. The van der Waals surface area contributed by atoms with E-state index in [1.807, 2.05) is 6.92 Å². The van der Waals surface area contributed by atoms with Gasteiger partial charge in [-0.15, -0.1) is 0 Å². The number of hydrogen-bond donors (Lipinski definition) is 1.